The molecule has 0 unspecified atom stereocenters. The Kier molecular flexibility index (Phi) is 0.993. The van der Waals surface area contributed by atoms with Crippen molar-refractivity contribution in [3.63, 3.8) is 0 Å². The summed E-state index contributed by atoms with van der Waals surface area (Å²) in [5.41, 5.74) is 0. The SMILES string of the molecule is ClC[C@@H]1C[C@H]2C[C@@H]1[C@@H]1O[C@H]21. The van der Waals surface area contributed by atoms with E-state index in [-0.39, 0.29) is 0 Å². The molecule has 2 aliphatic carbocycles. The molecule has 0 aromatic rings. The summed E-state index contributed by atoms with van der Waals surface area (Å²) in [6, 6.07) is 0. The first kappa shape index (κ1) is 5.84. The molecule has 0 aromatic heterocycles. The van der Waals surface area contributed by atoms with Gasteiger partial charge in [0.2, 0.25) is 0 Å². The molecule has 0 amide bonds. The van der Waals surface area contributed by atoms with Crippen molar-refractivity contribution in [3.8, 4) is 0 Å². The maximum atomic E-state index is 5.83. The highest BCUT2D eigenvalue weighted by Crippen LogP contribution is 2.58. The number of hydrogen-bond acceptors (Lipinski definition) is 1. The van der Waals surface area contributed by atoms with Crippen LogP contribution >= 0.6 is 11.6 Å². The molecule has 56 valence electrons. The predicted molar refractivity (Wildman–Crippen MR) is 39.1 cm³/mol. The van der Waals surface area contributed by atoms with Gasteiger partial charge in [0.1, 0.15) is 0 Å². The fraction of sp³-hybridized carbons (Fsp3) is 1.00. The van der Waals surface area contributed by atoms with Crippen molar-refractivity contribution in [2.75, 3.05) is 5.88 Å². The van der Waals surface area contributed by atoms with E-state index in [0.717, 1.165) is 23.6 Å². The van der Waals surface area contributed by atoms with Crippen LogP contribution in [-0.2, 0) is 4.74 Å². The van der Waals surface area contributed by atoms with Gasteiger partial charge in [-0.1, -0.05) is 0 Å². The maximum Gasteiger partial charge on any atom is 0.0876 e. The van der Waals surface area contributed by atoms with Crippen LogP contribution in [0.3, 0.4) is 0 Å². The molecular weight excluding hydrogens is 148 g/mol. The van der Waals surface area contributed by atoms with E-state index in [0.29, 0.717) is 12.2 Å². The highest BCUT2D eigenvalue weighted by atomic mass is 35.5. The van der Waals surface area contributed by atoms with E-state index in [9.17, 15) is 0 Å². The minimum absolute atomic E-state index is 0.641. The van der Waals surface area contributed by atoms with E-state index in [2.05, 4.69) is 0 Å². The molecule has 1 aliphatic heterocycles. The topological polar surface area (TPSA) is 12.5 Å². The minimum atomic E-state index is 0.641. The van der Waals surface area contributed by atoms with Crippen LogP contribution < -0.4 is 0 Å². The van der Waals surface area contributed by atoms with Gasteiger partial charge in [-0.25, -0.2) is 0 Å². The van der Waals surface area contributed by atoms with Crippen LogP contribution in [0.4, 0.5) is 0 Å². The Morgan fingerprint density at radius 3 is 2.80 bits per heavy atom. The summed E-state index contributed by atoms with van der Waals surface area (Å²) in [6.07, 6.45) is 4.06. The second-order valence-corrected chi connectivity index (χ2v) is 4.18. The molecule has 3 aliphatic rings. The Labute approximate surface area is 65.7 Å². The Bertz CT molecular complexity index is 171. The van der Waals surface area contributed by atoms with Crippen LogP contribution in [0.25, 0.3) is 0 Å². The van der Waals surface area contributed by atoms with E-state index in [1.165, 1.54) is 12.8 Å². The first-order valence-electron chi connectivity index (χ1n) is 4.11. The maximum absolute atomic E-state index is 5.83. The van der Waals surface area contributed by atoms with E-state index >= 15 is 0 Å². The average Bonchev–Trinajstić information content (AvgIpc) is 2.58. The fourth-order valence-electron chi connectivity index (χ4n) is 2.91. The molecule has 2 saturated carbocycles. The molecular formula is C8H11ClO. The number of rotatable bonds is 1. The largest absolute Gasteiger partial charge is 0.369 e. The molecule has 0 spiro atoms. The van der Waals surface area contributed by atoms with Crippen molar-refractivity contribution in [2.24, 2.45) is 17.8 Å². The first-order chi connectivity index (χ1) is 4.90. The number of halogens is 1. The predicted octanol–water partition coefficient (Wildman–Crippen LogP) is 1.65. The van der Waals surface area contributed by atoms with Crippen molar-refractivity contribution < 1.29 is 4.74 Å². The van der Waals surface area contributed by atoms with Gasteiger partial charge >= 0.3 is 0 Å². The lowest BCUT2D eigenvalue weighted by molar-refractivity contribution is 0.255. The number of hydrogen-bond donors (Lipinski definition) is 0. The summed E-state index contributed by atoms with van der Waals surface area (Å²) in [7, 11) is 0. The number of ether oxygens (including phenoxy) is 1. The van der Waals surface area contributed by atoms with Gasteiger partial charge in [-0.15, -0.1) is 11.6 Å². The molecule has 0 radical (unpaired) electrons. The summed E-state index contributed by atoms with van der Waals surface area (Å²) in [4.78, 5) is 0. The molecule has 1 heterocycles. The van der Waals surface area contributed by atoms with Crippen molar-refractivity contribution in [3.05, 3.63) is 0 Å². The molecule has 10 heavy (non-hydrogen) atoms. The van der Waals surface area contributed by atoms with Crippen LogP contribution in [0.1, 0.15) is 12.8 Å². The molecule has 1 saturated heterocycles. The number of alkyl halides is 1. The summed E-state index contributed by atoms with van der Waals surface area (Å²) in [5.74, 6) is 3.37. The summed E-state index contributed by atoms with van der Waals surface area (Å²) < 4.78 is 5.51. The van der Waals surface area contributed by atoms with Crippen molar-refractivity contribution in [1.82, 2.24) is 0 Å². The van der Waals surface area contributed by atoms with E-state index in [4.69, 9.17) is 16.3 Å². The number of epoxide rings is 1. The molecule has 0 aromatic carbocycles. The van der Waals surface area contributed by atoms with Gasteiger partial charge in [-0.3, -0.25) is 0 Å². The average molecular weight is 159 g/mol. The zero-order chi connectivity index (χ0) is 6.72. The Morgan fingerprint density at radius 2 is 2.20 bits per heavy atom. The highest BCUT2D eigenvalue weighted by Gasteiger charge is 2.62. The lowest BCUT2D eigenvalue weighted by Gasteiger charge is -2.14. The molecule has 0 N–H and O–H groups in total. The monoisotopic (exact) mass is 158 g/mol. The van der Waals surface area contributed by atoms with Gasteiger partial charge in [0.15, 0.2) is 0 Å². The Morgan fingerprint density at radius 1 is 1.30 bits per heavy atom. The quantitative estimate of drug-likeness (QED) is 0.418. The molecule has 5 atom stereocenters. The molecule has 3 fully saturated rings. The smallest absolute Gasteiger partial charge is 0.0876 e. The third-order valence-electron chi connectivity index (χ3n) is 3.43. The fourth-order valence-corrected chi connectivity index (χ4v) is 3.26. The van der Waals surface area contributed by atoms with E-state index < -0.39 is 0 Å². The van der Waals surface area contributed by atoms with Crippen LogP contribution in [0.5, 0.6) is 0 Å². The van der Waals surface area contributed by atoms with Crippen LogP contribution in [0, 0.1) is 17.8 Å². The third-order valence-corrected chi connectivity index (χ3v) is 3.83. The van der Waals surface area contributed by atoms with E-state index in [1.807, 2.05) is 0 Å². The van der Waals surface area contributed by atoms with Gasteiger partial charge < -0.3 is 4.74 Å². The molecule has 1 nitrogen and oxygen atoms in total. The van der Waals surface area contributed by atoms with Gasteiger partial charge in [0.05, 0.1) is 12.2 Å². The van der Waals surface area contributed by atoms with Crippen molar-refractivity contribution >= 4 is 11.6 Å². The van der Waals surface area contributed by atoms with Crippen LogP contribution in [0.15, 0.2) is 0 Å². The third kappa shape index (κ3) is 0.543. The number of fused-ring (bicyclic) bond motifs is 5. The zero-order valence-corrected chi connectivity index (χ0v) is 6.55. The van der Waals surface area contributed by atoms with Crippen LogP contribution in [0.2, 0.25) is 0 Å². The lowest BCUT2D eigenvalue weighted by atomic mass is 9.90. The second kappa shape index (κ2) is 1.70. The summed E-state index contributed by atoms with van der Waals surface area (Å²) in [6.45, 7) is 0. The molecule has 2 bridgehead atoms. The minimum Gasteiger partial charge on any atom is -0.369 e. The summed E-state index contributed by atoms with van der Waals surface area (Å²) >= 11 is 5.83. The standard InChI is InChI=1S/C8H11ClO/c9-3-5-1-4-2-6(5)8-7(4)10-8/h4-8H,1-3H2/t4-,5-,6-,7+,8-/m0/s1. The van der Waals surface area contributed by atoms with Crippen LogP contribution in [-0.4, -0.2) is 18.1 Å². The zero-order valence-electron chi connectivity index (χ0n) is 5.79. The molecule has 3 rings (SSSR count). The normalized spacial score (nSPS) is 62.7. The Balaban J connectivity index is 1.85. The van der Waals surface area contributed by atoms with Crippen molar-refractivity contribution in [1.29, 1.82) is 0 Å². The second-order valence-electron chi connectivity index (χ2n) is 3.88. The van der Waals surface area contributed by atoms with E-state index in [1.54, 1.807) is 0 Å². The van der Waals surface area contributed by atoms with Crippen molar-refractivity contribution in [2.45, 2.75) is 25.0 Å². The van der Waals surface area contributed by atoms with Gasteiger partial charge in [0, 0.05) is 5.88 Å². The summed E-state index contributed by atoms with van der Waals surface area (Å²) in [5, 5.41) is 0. The first-order valence-corrected chi connectivity index (χ1v) is 4.65. The molecule has 2 heteroatoms. The van der Waals surface area contributed by atoms with Gasteiger partial charge in [-0.05, 0) is 30.6 Å². The van der Waals surface area contributed by atoms with Gasteiger partial charge in [0.25, 0.3) is 0 Å². The van der Waals surface area contributed by atoms with Gasteiger partial charge in [-0.2, -0.15) is 0 Å². The Hall–Kier alpha value is 0.250. The highest BCUT2D eigenvalue weighted by molar-refractivity contribution is 6.18. The lowest BCUT2D eigenvalue weighted by Crippen LogP contribution is -2.18.